The van der Waals surface area contributed by atoms with E-state index in [4.69, 9.17) is 0 Å². The van der Waals surface area contributed by atoms with Crippen LogP contribution in [0.2, 0.25) is 0 Å². The zero-order valence-electron chi connectivity index (χ0n) is 9.02. The molecule has 0 aromatic carbocycles. The fraction of sp³-hybridized carbons (Fsp3) is 0.583. The van der Waals surface area contributed by atoms with Gasteiger partial charge in [-0.2, -0.15) is 0 Å². The van der Waals surface area contributed by atoms with Gasteiger partial charge in [0, 0.05) is 10.8 Å². The van der Waals surface area contributed by atoms with E-state index < -0.39 is 11.6 Å². The Morgan fingerprint density at radius 2 is 2.06 bits per heavy atom. The largest absolute Gasteiger partial charge is 0.392 e. The predicted octanol–water partition coefficient (Wildman–Crippen LogP) is 2.47. The fourth-order valence-corrected chi connectivity index (χ4v) is 3.37. The molecule has 1 saturated carbocycles. The van der Waals surface area contributed by atoms with Crippen LogP contribution in [-0.4, -0.2) is 11.1 Å². The van der Waals surface area contributed by atoms with Gasteiger partial charge < -0.3 is 5.11 Å². The second-order valence-corrected chi connectivity index (χ2v) is 5.31. The van der Waals surface area contributed by atoms with E-state index in [2.05, 4.69) is 0 Å². The lowest BCUT2D eigenvalue weighted by Gasteiger charge is -2.33. The second-order valence-electron chi connectivity index (χ2n) is 4.37. The number of hydrogen-bond donors (Lipinski definition) is 1. The lowest BCUT2D eigenvalue weighted by Crippen LogP contribution is -2.42. The van der Waals surface area contributed by atoms with Crippen LogP contribution in [0.5, 0.6) is 0 Å². The summed E-state index contributed by atoms with van der Waals surface area (Å²) >= 11 is 1.28. The quantitative estimate of drug-likeness (QED) is 0.881. The molecule has 4 heteroatoms. The molecule has 0 spiro atoms. The van der Waals surface area contributed by atoms with Crippen molar-refractivity contribution in [1.82, 2.24) is 0 Å². The molecule has 1 aromatic heterocycles. The summed E-state index contributed by atoms with van der Waals surface area (Å²) in [6.45, 7) is 0. The average molecular weight is 239 g/mol. The van der Waals surface area contributed by atoms with Crippen molar-refractivity contribution in [3.63, 3.8) is 0 Å². The van der Waals surface area contributed by atoms with Crippen LogP contribution < -0.4 is 0 Å². The van der Waals surface area contributed by atoms with E-state index in [-0.39, 0.29) is 5.92 Å². The van der Waals surface area contributed by atoms with E-state index in [0.29, 0.717) is 4.88 Å². The first-order chi connectivity index (χ1) is 7.65. The Morgan fingerprint density at radius 3 is 2.56 bits per heavy atom. The van der Waals surface area contributed by atoms with Gasteiger partial charge in [0.2, 0.25) is 5.60 Å². The monoisotopic (exact) mass is 239 g/mol. The van der Waals surface area contributed by atoms with E-state index >= 15 is 0 Å². The van der Waals surface area contributed by atoms with E-state index in [0.717, 1.165) is 32.1 Å². The van der Waals surface area contributed by atoms with Crippen LogP contribution in [-0.2, 0) is 15.5 Å². The third-order valence-electron chi connectivity index (χ3n) is 3.40. The molecule has 2 rings (SSSR count). The summed E-state index contributed by atoms with van der Waals surface area (Å²) in [5.74, 6) is -1.56. The van der Waals surface area contributed by atoms with Crippen LogP contribution in [0.3, 0.4) is 0 Å². The molecule has 0 saturated heterocycles. The first kappa shape index (κ1) is 11.6. The minimum Gasteiger partial charge on any atom is -0.373 e. The van der Waals surface area contributed by atoms with Gasteiger partial charge in [0.05, 0.1) is 0 Å². The molecule has 1 atom stereocenters. The highest BCUT2D eigenvalue weighted by molar-refractivity contribution is 7.10. The third kappa shape index (κ3) is 1.87. The number of hydrogen-bond acceptors (Lipinski definition) is 3. The van der Waals surface area contributed by atoms with Crippen molar-refractivity contribution in [1.29, 1.82) is 0 Å². The maximum absolute atomic E-state index is 11.3. The topological polar surface area (TPSA) is 57.2 Å². The summed E-state index contributed by atoms with van der Waals surface area (Å²) in [6.07, 6.45) is 4.64. The predicted molar refractivity (Wildman–Crippen MR) is 60.5 cm³/mol. The van der Waals surface area contributed by atoms with Crippen molar-refractivity contribution in [2.75, 3.05) is 0 Å². The molecular formula is C12H15O3S. The average Bonchev–Trinajstić information content (AvgIpc) is 2.82. The number of aliphatic hydroxyl groups is 1. The SMILES string of the molecule is [O]C(=O)C(O)(c1cccs1)C1CCCCC1. The van der Waals surface area contributed by atoms with Crippen LogP contribution in [0, 0.1) is 5.92 Å². The standard InChI is InChI=1S/C12H15O3S/c13-11(14)12(15,10-7-4-8-16-10)9-5-2-1-3-6-9/h4,7-9,15H,1-3,5-6H2. The van der Waals surface area contributed by atoms with Crippen molar-refractivity contribution in [2.24, 2.45) is 5.92 Å². The van der Waals surface area contributed by atoms with Crippen molar-refractivity contribution >= 4 is 17.3 Å². The van der Waals surface area contributed by atoms with Crippen LogP contribution in [0.25, 0.3) is 0 Å². The van der Waals surface area contributed by atoms with Gasteiger partial charge in [0.25, 0.3) is 0 Å². The van der Waals surface area contributed by atoms with Gasteiger partial charge in [-0.25, -0.2) is 9.90 Å². The minimum atomic E-state index is -1.78. The molecule has 3 nitrogen and oxygen atoms in total. The van der Waals surface area contributed by atoms with Gasteiger partial charge in [-0.15, -0.1) is 11.3 Å². The summed E-state index contributed by atoms with van der Waals surface area (Å²) in [5, 5.41) is 23.5. The number of carbonyl (C=O) groups excluding carboxylic acids is 1. The Balaban J connectivity index is 2.31. The summed E-state index contributed by atoms with van der Waals surface area (Å²) in [6, 6.07) is 3.44. The Morgan fingerprint density at radius 1 is 1.38 bits per heavy atom. The smallest absolute Gasteiger partial charge is 0.373 e. The molecule has 0 aliphatic heterocycles. The van der Waals surface area contributed by atoms with Crippen molar-refractivity contribution < 1.29 is 15.0 Å². The van der Waals surface area contributed by atoms with Crippen molar-refractivity contribution in [3.8, 4) is 0 Å². The highest BCUT2D eigenvalue weighted by atomic mass is 32.1. The Bertz CT molecular complexity index is 354. The van der Waals surface area contributed by atoms with Crippen LogP contribution in [0.4, 0.5) is 0 Å². The molecule has 16 heavy (non-hydrogen) atoms. The number of rotatable bonds is 3. The Labute approximate surface area is 98.7 Å². The normalized spacial score (nSPS) is 21.6. The first-order valence-corrected chi connectivity index (χ1v) is 6.51. The first-order valence-electron chi connectivity index (χ1n) is 5.63. The van der Waals surface area contributed by atoms with Crippen LogP contribution in [0.1, 0.15) is 37.0 Å². The summed E-state index contributed by atoms with van der Waals surface area (Å²) in [5.41, 5.74) is -1.78. The second kappa shape index (κ2) is 4.55. The molecular weight excluding hydrogens is 224 g/mol. The van der Waals surface area contributed by atoms with E-state index in [1.54, 1.807) is 17.5 Å². The van der Waals surface area contributed by atoms with Gasteiger partial charge in [-0.1, -0.05) is 25.3 Å². The minimum absolute atomic E-state index is 0.204. The molecule has 1 fully saturated rings. The lowest BCUT2D eigenvalue weighted by atomic mass is 9.76. The van der Waals surface area contributed by atoms with E-state index in [9.17, 15) is 15.0 Å². The Kier molecular flexibility index (Phi) is 3.30. The molecule has 1 aliphatic carbocycles. The third-order valence-corrected chi connectivity index (χ3v) is 4.40. The van der Waals surface area contributed by atoms with Crippen molar-refractivity contribution in [3.05, 3.63) is 22.4 Å². The molecule has 1 heterocycles. The van der Waals surface area contributed by atoms with E-state index in [1.807, 2.05) is 0 Å². The highest BCUT2D eigenvalue weighted by Crippen LogP contribution is 2.41. The zero-order valence-corrected chi connectivity index (χ0v) is 9.83. The summed E-state index contributed by atoms with van der Waals surface area (Å²) in [4.78, 5) is 11.8. The summed E-state index contributed by atoms with van der Waals surface area (Å²) < 4.78 is 0. The molecule has 1 unspecified atom stereocenters. The maximum atomic E-state index is 11.3. The molecule has 87 valence electrons. The number of carbonyl (C=O) groups is 1. The molecule has 1 aliphatic rings. The highest BCUT2D eigenvalue weighted by Gasteiger charge is 2.47. The van der Waals surface area contributed by atoms with Crippen LogP contribution in [0.15, 0.2) is 17.5 Å². The van der Waals surface area contributed by atoms with Crippen LogP contribution >= 0.6 is 11.3 Å². The molecule has 1 radical (unpaired) electrons. The number of thiophene rings is 1. The Hall–Kier alpha value is -0.870. The zero-order chi connectivity index (χ0) is 11.6. The fourth-order valence-electron chi connectivity index (χ4n) is 2.48. The molecule has 1 aromatic rings. The lowest BCUT2D eigenvalue weighted by molar-refractivity contribution is -0.174. The van der Waals surface area contributed by atoms with Gasteiger partial charge in [-0.05, 0) is 24.3 Å². The maximum Gasteiger partial charge on any atom is 0.392 e. The van der Waals surface area contributed by atoms with Crippen molar-refractivity contribution in [2.45, 2.75) is 37.7 Å². The van der Waals surface area contributed by atoms with Gasteiger partial charge >= 0.3 is 5.97 Å². The summed E-state index contributed by atoms with van der Waals surface area (Å²) in [7, 11) is 0. The molecule has 0 amide bonds. The van der Waals surface area contributed by atoms with Gasteiger partial charge in [0.1, 0.15) is 0 Å². The molecule has 1 N–H and O–H groups in total. The molecule has 0 bridgehead atoms. The van der Waals surface area contributed by atoms with Gasteiger partial charge in [0.15, 0.2) is 0 Å². The van der Waals surface area contributed by atoms with E-state index in [1.165, 1.54) is 11.3 Å². The van der Waals surface area contributed by atoms with Gasteiger partial charge in [-0.3, -0.25) is 0 Å².